The molecule has 0 bridgehead atoms. The van der Waals surface area contributed by atoms with E-state index in [0.717, 1.165) is 16.3 Å². The Morgan fingerprint density at radius 2 is 1.71 bits per heavy atom. The first kappa shape index (κ1) is 15.0. The number of hydrogen-bond donors (Lipinski definition) is 3. The average Bonchev–Trinajstić information content (AvgIpc) is 2.51. The lowest BCUT2D eigenvalue weighted by Gasteiger charge is -2.08. The molecule has 2 rings (SSSR count). The largest absolute Gasteiger partial charge is 0.395 e. The summed E-state index contributed by atoms with van der Waals surface area (Å²) in [5.41, 5.74) is 0.932. The van der Waals surface area contributed by atoms with E-state index in [-0.39, 0.29) is 37.9 Å². The van der Waals surface area contributed by atoms with E-state index in [1.165, 1.54) is 0 Å². The third-order valence-electron chi connectivity index (χ3n) is 3.11. The number of hydrogen-bond acceptors (Lipinski definition) is 3. The maximum absolute atomic E-state index is 11.9. The first-order valence-corrected chi connectivity index (χ1v) is 6.81. The van der Waals surface area contributed by atoms with E-state index in [2.05, 4.69) is 10.6 Å². The van der Waals surface area contributed by atoms with Crippen molar-refractivity contribution in [1.82, 2.24) is 10.6 Å². The van der Waals surface area contributed by atoms with Crippen molar-refractivity contribution in [2.75, 3.05) is 19.7 Å². The van der Waals surface area contributed by atoms with Gasteiger partial charge in [0.2, 0.25) is 11.8 Å². The van der Waals surface area contributed by atoms with Gasteiger partial charge in [0.05, 0.1) is 19.6 Å². The van der Waals surface area contributed by atoms with Crippen molar-refractivity contribution >= 4 is 22.6 Å². The first-order chi connectivity index (χ1) is 10.2. The molecule has 2 aromatic rings. The summed E-state index contributed by atoms with van der Waals surface area (Å²) in [7, 11) is 0. The smallest absolute Gasteiger partial charge is 0.239 e. The molecule has 0 atom stereocenters. The van der Waals surface area contributed by atoms with Gasteiger partial charge in [-0.1, -0.05) is 42.5 Å². The van der Waals surface area contributed by atoms with Crippen LogP contribution in [0.25, 0.3) is 10.8 Å². The van der Waals surface area contributed by atoms with E-state index < -0.39 is 0 Å². The molecule has 0 unspecified atom stereocenters. The summed E-state index contributed by atoms with van der Waals surface area (Å²) >= 11 is 0. The quantitative estimate of drug-likeness (QED) is 0.728. The summed E-state index contributed by atoms with van der Waals surface area (Å²) in [6.45, 7) is -0.00266. The van der Waals surface area contributed by atoms with Crippen LogP contribution in [0.1, 0.15) is 5.56 Å². The number of nitrogens with one attached hydrogen (secondary N) is 2. The highest BCUT2D eigenvalue weighted by Crippen LogP contribution is 2.18. The molecular formula is C16H18N2O3. The van der Waals surface area contributed by atoms with Gasteiger partial charge < -0.3 is 15.7 Å². The van der Waals surface area contributed by atoms with Crippen LogP contribution in [-0.4, -0.2) is 36.6 Å². The summed E-state index contributed by atoms with van der Waals surface area (Å²) < 4.78 is 0. The monoisotopic (exact) mass is 286 g/mol. The predicted molar refractivity (Wildman–Crippen MR) is 80.8 cm³/mol. The number of carbonyl (C=O) groups excluding carboxylic acids is 2. The molecule has 0 spiro atoms. The van der Waals surface area contributed by atoms with Crippen LogP contribution in [-0.2, 0) is 16.0 Å². The van der Waals surface area contributed by atoms with E-state index in [4.69, 9.17) is 5.11 Å². The lowest BCUT2D eigenvalue weighted by molar-refractivity contribution is -0.125. The summed E-state index contributed by atoms with van der Waals surface area (Å²) in [5, 5.41) is 15.8. The van der Waals surface area contributed by atoms with Crippen LogP contribution in [0, 0.1) is 0 Å². The Labute approximate surface area is 123 Å². The van der Waals surface area contributed by atoms with E-state index in [9.17, 15) is 9.59 Å². The zero-order chi connectivity index (χ0) is 15.1. The van der Waals surface area contributed by atoms with Gasteiger partial charge in [-0.25, -0.2) is 0 Å². The van der Waals surface area contributed by atoms with Crippen LogP contribution in [0.2, 0.25) is 0 Å². The number of benzene rings is 2. The van der Waals surface area contributed by atoms with Gasteiger partial charge in [0.1, 0.15) is 0 Å². The molecule has 0 fully saturated rings. The van der Waals surface area contributed by atoms with Gasteiger partial charge >= 0.3 is 0 Å². The molecule has 2 amide bonds. The lowest BCUT2D eigenvalue weighted by Crippen LogP contribution is -2.38. The van der Waals surface area contributed by atoms with Crippen LogP contribution >= 0.6 is 0 Å². The van der Waals surface area contributed by atoms with Gasteiger partial charge in [0.25, 0.3) is 0 Å². The van der Waals surface area contributed by atoms with E-state index in [1.807, 2.05) is 42.5 Å². The van der Waals surface area contributed by atoms with Crippen LogP contribution in [0.15, 0.2) is 42.5 Å². The fourth-order valence-corrected chi connectivity index (χ4v) is 2.12. The molecule has 5 heteroatoms. The van der Waals surface area contributed by atoms with Gasteiger partial charge in [-0.15, -0.1) is 0 Å². The van der Waals surface area contributed by atoms with E-state index >= 15 is 0 Å². The second-order valence-corrected chi connectivity index (χ2v) is 4.67. The molecular weight excluding hydrogens is 268 g/mol. The van der Waals surface area contributed by atoms with Crippen molar-refractivity contribution < 1.29 is 14.7 Å². The normalized spacial score (nSPS) is 10.3. The highest BCUT2D eigenvalue weighted by Gasteiger charge is 2.08. The topological polar surface area (TPSA) is 78.4 Å². The molecule has 0 heterocycles. The lowest BCUT2D eigenvalue weighted by atomic mass is 10.0. The maximum Gasteiger partial charge on any atom is 0.239 e. The summed E-state index contributed by atoms with van der Waals surface area (Å²) in [4.78, 5) is 23.2. The third kappa shape index (κ3) is 4.29. The van der Waals surface area contributed by atoms with Crippen molar-refractivity contribution in [3.8, 4) is 0 Å². The van der Waals surface area contributed by atoms with Gasteiger partial charge in [0.15, 0.2) is 0 Å². The standard InChI is InChI=1S/C16H18N2O3/c19-9-8-17-16(21)11-18-15(20)10-13-6-3-5-12-4-1-2-7-14(12)13/h1-7,19H,8-11H2,(H,17,21)(H,18,20). The van der Waals surface area contributed by atoms with Crippen molar-refractivity contribution in [2.45, 2.75) is 6.42 Å². The SMILES string of the molecule is O=C(CNC(=O)Cc1cccc2ccccc12)NCCO. The second-order valence-electron chi connectivity index (χ2n) is 4.67. The third-order valence-corrected chi connectivity index (χ3v) is 3.11. The van der Waals surface area contributed by atoms with E-state index in [0.29, 0.717) is 0 Å². The number of amides is 2. The molecule has 0 saturated heterocycles. The summed E-state index contributed by atoms with van der Waals surface area (Å²) in [5.74, 6) is -0.513. The van der Waals surface area contributed by atoms with Crippen LogP contribution < -0.4 is 10.6 Å². The Morgan fingerprint density at radius 3 is 2.52 bits per heavy atom. The van der Waals surface area contributed by atoms with Crippen LogP contribution in [0.4, 0.5) is 0 Å². The Balaban J connectivity index is 1.94. The molecule has 21 heavy (non-hydrogen) atoms. The minimum Gasteiger partial charge on any atom is -0.395 e. The summed E-state index contributed by atoms with van der Waals surface area (Å²) in [6.07, 6.45) is 0.231. The molecule has 0 radical (unpaired) electrons. The zero-order valence-electron chi connectivity index (χ0n) is 11.6. The molecule has 0 aliphatic carbocycles. The van der Waals surface area contributed by atoms with Gasteiger partial charge in [0, 0.05) is 6.54 Å². The van der Waals surface area contributed by atoms with Crippen LogP contribution in [0.3, 0.4) is 0 Å². The number of aliphatic hydroxyl groups is 1. The molecule has 0 aromatic heterocycles. The molecule has 2 aromatic carbocycles. The molecule has 3 N–H and O–H groups in total. The first-order valence-electron chi connectivity index (χ1n) is 6.81. The van der Waals surface area contributed by atoms with Crippen molar-refractivity contribution in [2.24, 2.45) is 0 Å². The van der Waals surface area contributed by atoms with E-state index in [1.54, 1.807) is 0 Å². The molecule has 0 saturated carbocycles. The number of fused-ring (bicyclic) bond motifs is 1. The van der Waals surface area contributed by atoms with Crippen molar-refractivity contribution in [1.29, 1.82) is 0 Å². The molecule has 0 aliphatic rings. The Morgan fingerprint density at radius 1 is 0.952 bits per heavy atom. The second kappa shape index (κ2) is 7.40. The van der Waals surface area contributed by atoms with Gasteiger partial charge in [-0.3, -0.25) is 9.59 Å². The van der Waals surface area contributed by atoms with Gasteiger partial charge in [-0.05, 0) is 16.3 Å². The minimum atomic E-state index is -0.310. The number of aliphatic hydroxyl groups excluding tert-OH is 1. The highest BCUT2D eigenvalue weighted by molar-refractivity contribution is 5.91. The number of carbonyl (C=O) groups is 2. The zero-order valence-corrected chi connectivity index (χ0v) is 11.6. The number of rotatable bonds is 6. The Kier molecular flexibility index (Phi) is 5.29. The Hall–Kier alpha value is -2.40. The average molecular weight is 286 g/mol. The molecule has 0 aliphatic heterocycles. The molecule has 110 valence electrons. The summed E-state index contributed by atoms with van der Waals surface area (Å²) in [6, 6.07) is 13.7. The predicted octanol–water partition coefficient (Wildman–Crippen LogP) is 0.607. The molecule has 5 nitrogen and oxygen atoms in total. The maximum atomic E-state index is 11.9. The van der Waals surface area contributed by atoms with Crippen molar-refractivity contribution in [3.05, 3.63) is 48.0 Å². The minimum absolute atomic E-state index is 0.0798. The Bertz CT molecular complexity index is 635. The van der Waals surface area contributed by atoms with Gasteiger partial charge in [-0.2, -0.15) is 0 Å². The fraction of sp³-hybridized carbons (Fsp3) is 0.250. The van der Waals surface area contributed by atoms with Crippen LogP contribution in [0.5, 0.6) is 0 Å². The highest BCUT2D eigenvalue weighted by atomic mass is 16.3. The van der Waals surface area contributed by atoms with Crippen molar-refractivity contribution in [3.63, 3.8) is 0 Å². The fourth-order valence-electron chi connectivity index (χ4n) is 2.12.